The summed E-state index contributed by atoms with van der Waals surface area (Å²) in [4.78, 5) is 1.02. The lowest BCUT2D eigenvalue weighted by Gasteiger charge is -2.12. The molecule has 1 aromatic carbocycles. The molecule has 114 valence electrons. The average molecular weight is 317 g/mol. The van der Waals surface area contributed by atoms with Crippen molar-refractivity contribution in [3.63, 3.8) is 0 Å². The quantitative estimate of drug-likeness (QED) is 0.746. The third kappa shape index (κ3) is 3.46. The summed E-state index contributed by atoms with van der Waals surface area (Å²) in [6.45, 7) is 2.54. The standard InChI is InChI=1S/C14H15N5O2S/c1-10(21-12-4-2-11(9-20)3-5-12)14-8-19(17-16-14)7-13-6-15-18-22-13/h2-6,8,10,20H,7,9H2,1H3. The average Bonchev–Trinajstić information content (AvgIpc) is 3.20. The van der Waals surface area contributed by atoms with Crippen molar-refractivity contribution in [3.05, 3.63) is 52.8 Å². The second-order valence-corrected chi connectivity index (χ2v) is 5.66. The smallest absolute Gasteiger partial charge is 0.141 e. The van der Waals surface area contributed by atoms with Crippen LogP contribution in [-0.2, 0) is 13.2 Å². The summed E-state index contributed by atoms with van der Waals surface area (Å²) in [7, 11) is 0. The molecule has 0 aliphatic heterocycles. The molecule has 1 N–H and O–H groups in total. The van der Waals surface area contributed by atoms with E-state index >= 15 is 0 Å². The van der Waals surface area contributed by atoms with Crippen LogP contribution in [0.5, 0.6) is 5.75 Å². The Bertz CT molecular complexity index is 711. The zero-order valence-corrected chi connectivity index (χ0v) is 12.8. The van der Waals surface area contributed by atoms with E-state index in [-0.39, 0.29) is 12.7 Å². The van der Waals surface area contributed by atoms with Gasteiger partial charge in [-0.05, 0) is 36.2 Å². The summed E-state index contributed by atoms with van der Waals surface area (Å²) in [6, 6.07) is 7.32. The molecule has 2 heterocycles. The molecule has 2 aromatic heterocycles. The van der Waals surface area contributed by atoms with E-state index in [9.17, 15) is 0 Å². The molecule has 0 fully saturated rings. The zero-order valence-electron chi connectivity index (χ0n) is 12.0. The maximum Gasteiger partial charge on any atom is 0.141 e. The number of benzene rings is 1. The predicted molar refractivity (Wildman–Crippen MR) is 80.4 cm³/mol. The van der Waals surface area contributed by atoms with Gasteiger partial charge in [-0.1, -0.05) is 21.8 Å². The summed E-state index contributed by atoms with van der Waals surface area (Å²) in [5, 5.41) is 21.0. The predicted octanol–water partition coefficient (Wildman–Crippen LogP) is 1.81. The van der Waals surface area contributed by atoms with Crippen molar-refractivity contribution in [3.8, 4) is 5.75 Å². The van der Waals surface area contributed by atoms with Crippen LogP contribution in [0.2, 0.25) is 0 Å². The monoisotopic (exact) mass is 317 g/mol. The Labute approximate surface area is 131 Å². The maximum absolute atomic E-state index is 9.03. The number of hydrogen-bond acceptors (Lipinski definition) is 7. The third-order valence-electron chi connectivity index (χ3n) is 3.12. The van der Waals surface area contributed by atoms with Gasteiger partial charge in [0.15, 0.2) is 0 Å². The van der Waals surface area contributed by atoms with Gasteiger partial charge < -0.3 is 9.84 Å². The fourth-order valence-electron chi connectivity index (χ4n) is 1.93. The van der Waals surface area contributed by atoms with Crippen molar-refractivity contribution in [2.45, 2.75) is 26.2 Å². The number of aliphatic hydroxyl groups excluding tert-OH is 1. The van der Waals surface area contributed by atoms with Crippen LogP contribution in [0.15, 0.2) is 36.7 Å². The number of aromatic nitrogens is 5. The summed E-state index contributed by atoms with van der Waals surface area (Å²) >= 11 is 1.34. The second kappa shape index (κ2) is 6.63. The van der Waals surface area contributed by atoms with Gasteiger partial charge in [-0.3, -0.25) is 0 Å². The van der Waals surface area contributed by atoms with Gasteiger partial charge in [-0.2, -0.15) is 0 Å². The van der Waals surface area contributed by atoms with E-state index in [1.807, 2.05) is 37.4 Å². The molecular weight excluding hydrogens is 302 g/mol. The molecule has 1 unspecified atom stereocenters. The molecule has 3 rings (SSSR count). The summed E-state index contributed by atoms with van der Waals surface area (Å²) < 4.78 is 11.4. The lowest BCUT2D eigenvalue weighted by atomic mass is 10.2. The minimum atomic E-state index is -0.215. The Morgan fingerprint density at radius 1 is 1.32 bits per heavy atom. The molecule has 1 atom stereocenters. The molecule has 0 radical (unpaired) electrons. The molecule has 22 heavy (non-hydrogen) atoms. The first-order valence-corrected chi connectivity index (χ1v) is 7.54. The van der Waals surface area contributed by atoms with Gasteiger partial charge in [0.2, 0.25) is 0 Å². The van der Waals surface area contributed by atoms with Crippen LogP contribution in [0, 0.1) is 0 Å². The van der Waals surface area contributed by atoms with Gasteiger partial charge in [0, 0.05) is 0 Å². The first-order chi connectivity index (χ1) is 10.7. The molecule has 0 spiro atoms. The summed E-state index contributed by atoms with van der Waals surface area (Å²) in [5.74, 6) is 0.728. The van der Waals surface area contributed by atoms with E-state index in [0.717, 1.165) is 21.9 Å². The molecule has 0 saturated carbocycles. The van der Waals surface area contributed by atoms with E-state index < -0.39 is 0 Å². The van der Waals surface area contributed by atoms with Crippen LogP contribution in [0.4, 0.5) is 0 Å². The van der Waals surface area contributed by atoms with Crippen molar-refractivity contribution in [1.29, 1.82) is 0 Å². The number of aliphatic hydroxyl groups is 1. The highest BCUT2D eigenvalue weighted by Gasteiger charge is 2.12. The van der Waals surface area contributed by atoms with Crippen LogP contribution >= 0.6 is 11.5 Å². The SMILES string of the molecule is CC(Oc1ccc(CO)cc1)c1cn(Cc2cnns2)nn1. The molecule has 7 nitrogen and oxygen atoms in total. The van der Waals surface area contributed by atoms with Gasteiger partial charge >= 0.3 is 0 Å². The van der Waals surface area contributed by atoms with E-state index in [0.29, 0.717) is 6.54 Å². The normalized spacial score (nSPS) is 12.3. The van der Waals surface area contributed by atoms with Crippen molar-refractivity contribution in [1.82, 2.24) is 24.6 Å². The molecular formula is C14H15N5O2S. The second-order valence-electron chi connectivity index (χ2n) is 4.79. The molecule has 0 aliphatic carbocycles. The summed E-state index contributed by atoms with van der Waals surface area (Å²) in [5.41, 5.74) is 1.60. The van der Waals surface area contributed by atoms with Gasteiger partial charge in [-0.25, -0.2) is 4.68 Å². The Morgan fingerprint density at radius 2 is 2.14 bits per heavy atom. The fraction of sp³-hybridized carbons (Fsp3) is 0.286. The zero-order chi connectivity index (χ0) is 15.4. The van der Waals surface area contributed by atoms with E-state index in [1.54, 1.807) is 10.9 Å². The fourth-order valence-corrected chi connectivity index (χ4v) is 2.42. The number of nitrogens with zero attached hydrogens (tertiary/aromatic N) is 5. The Kier molecular flexibility index (Phi) is 4.40. The minimum Gasteiger partial charge on any atom is -0.484 e. The highest BCUT2D eigenvalue weighted by atomic mass is 32.1. The third-order valence-corrected chi connectivity index (χ3v) is 3.76. The molecule has 3 aromatic rings. The van der Waals surface area contributed by atoms with Gasteiger partial charge in [0.05, 0.1) is 30.4 Å². The molecule has 0 amide bonds. The highest BCUT2D eigenvalue weighted by molar-refractivity contribution is 7.05. The van der Waals surface area contributed by atoms with Gasteiger partial charge in [0.1, 0.15) is 17.5 Å². The number of hydrogen-bond donors (Lipinski definition) is 1. The van der Waals surface area contributed by atoms with Crippen molar-refractivity contribution < 1.29 is 9.84 Å². The summed E-state index contributed by atoms with van der Waals surface area (Å²) in [6.07, 6.45) is 3.36. The topological polar surface area (TPSA) is 86.0 Å². The van der Waals surface area contributed by atoms with Crippen LogP contribution in [0.25, 0.3) is 0 Å². The molecule has 8 heteroatoms. The lowest BCUT2D eigenvalue weighted by molar-refractivity contribution is 0.221. The Balaban J connectivity index is 1.64. The maximum atomic E-state index is 9.03. The number of ether oxygens (including phenoxy) is 1. The van der Waals surface area contributed by atoms with E-state index in [4.69, 9.17) is 9.84 Å². The van der Waals surface area contributed by atoms with Crippen LogP contribution in [-0.4, -0.2) is 29.7 Å². The molecule has 0 bridgehead atoms. The van der Waals surface area contributed by atoms with Crippen LogP contribution in [0.1, 0.15) is 29.2 Å². The largest absolute Gasteiger partial charge is 0.484 e. The Hall–Kier alpha value is -2.32. The van der Waals surface area contributed by atoms with Crippen molar-refractivity contribution >= 4 is 11.5 Å². The minimum absolute atomic E-state index is 0.0244. The number of rotatable bonds is 6. The van der Waals surface area contributed by atoms with E-state index in [2.05, 4.69) is 19.9 Å². The van der Waals surface area contributed by atoms with Gasteiger partial charge in [0.25, 0.3) is 0 Å². The van der Waals surface area contributed by atoms with Gasteiger partial charge in [-0.15, -0.1) is 10.2 Å². The highest BCUT2D eigenvalue weighted by Crippen LogP contribution is 2.20. The first-order valence-electron chi connectivity index (χ1n) is 6.77. The lowest BCUT2D eigenvalue weighted by Crippen LogP contribution is -2.03. The van der Waals surface area contributed by atoms with Crippen LogP contribution < -0.4 is 4.74 Å². The first kappa shape index (κ1) is 14.6. The molecule has 0 aliphatic rings. The van der Waals surface area contributed by atoms with Crippen LogP contribution in [0.3, 0.4) is 0 Å². The van der Waals surface area contributed by atoms with Crippen molar-refractivity contribution in [2.75, 3.05) is 0 Å². The molecule has 0 saturated heterocycles. The van der Waals surface area contributed by atoms with Crippen molar-refractivity contribution in [2.24, 2.45) is 0 Å². The Morgan fingerprint density at radius 3 is 2.82 bits per heavy atom. The van der Waals surface area contributed by atoms with E-state index in [1.165, 1.54) is 11.5 Å².